The van der Waals surface area contributed by atoms with Gasteiger partial charge < -0.3 is 16.2 Å². The van der Waals surface area contributed by atoms with Crippen LogP contribution in [0.2, 0.25) is 0 Å². The van der Waals surface area contributed by atoms with Gasteiger partial charge >= 0.3 is 0 Å². The molecule has 1 aromatic rings. The van der Waals surface area contributed by atoms with E-state index < -0.39 is 5.60 Å². The summed E-state index contributed by atoms with van der Waals surface area (Å²) in [4.78, 5) is 8.37. The predicted octanol–water partition coefficient (Wildman–Crippen LogP) is 1.50. The normalized spacial score (nSPS) is 18.2. The van der Waals surface area contributed by atoms with Crippen molar-refractivity contribution in [2.75, 3.05) is 23.9 Å². The van der Waals surface area contributed by atoms with Crippen molar-refractivity contribution in [1.82, 2.24) is 9.97 Å². The summed E-state index contributed by atoms with van der Waals surface area (Å²) in [6, 6.07) is 1.69. The molecule has 0 aromatic carbocycles. The van der Waals surface area contributed by atoms with Crippen LogP contribution in [-0.2, 0) is 0 Å². The van der Waals surface area contributed by atoms with Gasteiger partial charge in [0.15, 0.2) is 5.16 Å². The first-order valence-corrected chi connectivity index (χ1v) is 6.99. The van der Waals surface area contributed by atoms with E-state index in [0.29, 0.717) is 23.3 Å². The number of thioether (sulfide) groups is 1. The molecule has 0 unspecified atom stereocenters. The fourth-order valence-electron chi connectivity index (χ4n) is 2.09. The number of aliphatic hydroxyl groups is 1. The molecule has 0 aliphatic heterocycles. The average Bonchev–Trinajstić information content (AvgIpc) is 2.73. The van der Waals surface area contributed by atoms with Gasteiger partial charge in [-0.3, -0.25) is 0 Å². The summed E-state index contributed by atoms with van der Waals surface area (Å²) in [5.41, 5.74) is 5.10. The van der Waals surface area contributed by atoms with Crippen molar-refractivity contribution in [2.45, 2.75) is 36.4 Å². The van der Waals surface area contributed by atoms with Gasteiger partial charge in [-0.15, -0.1) is 0 Å². The van der Waals surface area contributed by atoms with Crippen LogP contribution >= 0.6 is 11.8 Å². The molecule has 0 saturated heterocycles. The SMILES string of the molecule is CSc1nc(N)cc(NCC2(O)CCCC2)n1. The third kappa shape index (κ3) is 3.23. The van der Waals surface area contributed by atoms with Gasteiger partial charge in [0.1, 0.15) is 11.6 Å². The Morgan fingerprint density at radius 2 is 2.18 bits per heavy atom. The second-order valence-corrected chi connectivity index (χ2v) is 5.22. The maximum absolute atomic E-state index is 10.2. The minimum absolute atomic E-state index is 0.449. The summed E-state index contributed by atoms with van der Waals surface area (Å²) in [6.45, 7) is 0.525. The zero-order valence-corrected chi connectivity index (χ0v) is 10.8. The van der Waals surface area contributed by atoms with Crippen molar-refractivity contribution in [3.05, 3.63) is 6.07 Å². The number of nitrogens with two attached hydrogens (primary N) is 1. The highest BCUT2D eigenvalue weighted by Gasteiger charge is 2.30. The Morgan fingerprint density at radius 3 is 2.82 bits per heavy atom. The van der Waals surface area contributed by atoms with Crippen molar-refractivity contribution >= 4 is 23.4 Å². The molecular weight excluding hydrogens is 236 g/mol. The van der Waals surface area contributed by atoms with E-state index in [1.807, 2.05) is 6.26 Å². The Kier molecular flexibility index (Phi) is 3.73. The standard InChI is InChI=1S/C11H18N4OS/c1-17-10-14-8(12)6-9(15-10)13-7-11(16)4-2-3-5-11/h6,16H,2-5,7H2,1H3,(H3,12,13,14,15). The highest BCUT2D eigenvalue weighted by atomic mass is 32.2. The Balaban J connectivity index is 2.00. The van der Waals surface area contributed by atoms with Crippen molar-refractivity contribution in [3.8, 4) is 0 Å². The number of nitrogens with one attached hydrogen (secondary N) is 1. The smallest absolute Gasteiger partial charge is 0.191 e. The highest BCUT2D eigenvalue weighted by molar-refractivity contribution is 7.98. The molecule has 1 saturated carbocycles. The molecule has 1 heterocycles. The van der Waals surface area contributed by atoms with Crippen LogP contribution in [0.1, 0.15) is 25.7 Å². The summed E-state index contributed by atoms with van der Waals surface area (Å²) in [5.74, 6) is 1.13. The summed E-state index contributed by atoms with van der Waals surface area (Å²) in [5, 5.41) is 14.0. The molecule has 0 amide bonds. The average molecular weight is 254 g/mol. The van der Waals surface area contributed by atoms with Gasteiger partial charge in [0, 0.05) is 12.6 Å². The van der Waals surface area contributed by atoms with Gasteiger partial charge in [0.2, 0.25) is 0 Å². The van der Waals surface area contributed by atoms with Crippen LogP contribution in [0.15, 0.2) is 11.2 Å². The number of anilines is 2. The van der Waals surface area contributed by atoms with Crippen LogP contribution in [0.25, 0.3) is 0 Å². The fraction of sp³-hybridized carbons (Fsp3) is 0.636. The van der Waals surface area contributed by atoms with Gasteiger partial charge in [0.25, 0.3) is 0 Å². The molecule has 0 atom stereocenters. The number of rotatable bonds is 4. The molecule has 0 radical (unpaired) electrons. The molecule has 0 bridgehead atoms. The van der Waals surface area contributed by atoms with Crippen molar-refractivity contribution in [2.24, 2.45) is 0 Å². The third-order valence-electron chi connectivity index (χ3n) is 3.04. The maximum atomic E-state index is 10.2. The molecular formula is C11H18N4OS. The van der Waals surface area contributed by atoms with Crippen LogP contribution < -0.4 is 11.1 Å². The second-order valence-electron chi connectivity index (χ2n) is 4.45. The van der Waals surface area contributed by atoms with Crippen LogP contribution in [-0.4, -0.2) is 33.5 Å². The number of nitrogens with zero attached hydrogens (tertiary/aromatic N) is 2. The first-order valence-electron chi connectivity index (χ1n) is 5.76. The Labute approximate surface area is 105 Å². The summed E-state index contributed by atoms with van der Waals surface area (Å²) >= 11 is 1.45. The van der Waals surface area contributed by atoms with E-state index in [0.717, 1.165) is 25.7 Å². The van der Waals surface area contributed by atoms with Gasteiger partial charge in [-0.2, -0.15) is 0 Å². The highest BCUT2D eigenvalue weighted by Crippen LogP contribution is 2.29. The van der Waals surface area contributed by atoms with Gasteiger partial charge in [-0.25, -0.2) is 9.97 Å². The lowest BCUT2D eigenvalue weighted by atomic mass is 10.0. The topological polar surface area (TPSA) is 84.1 Å². The van der Waals surface area contributed by atoms with Gasteiger partial charge in [-0.1, -0.05) is 24.6 Å². The van der Waals surface area contributed by atoms with Crippen LogP contribution in [0.5, 0.6) is 0 Å². The first-order chi connectivity index (χ1) is 8.11. The molecule has 6 heteroatoms. The lowest BCUT2D eigenvalue weighted by molar-refractivity contribution is 0.0614. The van der Waals surface area contributed by atoms with Crippen molar-refractivity contribution in [3.63, 3.8) is 0 Å². The Morgan fingerprint density at radius 1 is 1.47 bits per heavy atom. The maximum Gasteiger partial charge on any atom is 0.191 e. The number of hydrogen-bond acceptors (Lipinski definition) is 6. The van der Waals surface area contributed by atoms with Crippen molar-refractivity contribution < 1.29 is 5.11 Å². The van der Waals surface area contributed by atoms with E-state index in [2.05, 4.69) is 15.3 Å². The third-order valence-corrected chi connectivity index (χ3v) is 3.59. The largest absolute Gasteiger partial charge is 0.388 e. The van der Waals surface area contributed by atoms with E-state index in [-0.39, 0.29) is 0 Å². The van der Waals surface area contributed by atoms with E-state index in [9.17, 15) is 5.11 Å². The van der Waals surface area contributed by atoms with Gasteiger partial charge in [0.05, 0.1) is 5.60 Å². The van der Waals surface area contributed by atoms with Gasteiger partial charge in [-0.05, 0) is 19.1 Å². The van der Waals surface area contributed by atoms with E-state index in [1.54, 1.807) is 6.07 Å². The van der Waals surface area contributed by atoms with E-state index in [4.69, 9.17) is 5.73 Å². The fourth-order valence-corrected chi connectivity index (χ4v) is 2.48. The number of aromatic nitrogens is 2. The zero-order chi connectivity index (χ0) is 12.3. The monoisotopic (exact) mass is 254 g/mol. The van der Waals surface area contributed by atoms with Crippen LogP contribution in [0.3, 0.4) is 0 Å². The van der Waals surface area contributed by atoms with E-state index in [1.165, 1.54) is 11.8 Å². The predicted molar refractivity (Wildman–Crippen MR) is 70.1 cm³/mol. The second kappa shape index (κ2) is 5.10. The molecule has 5 nitrogen and oxygen atoms in total. The van der Waals surface area contributed by atoms with Crippen LogP contribution in [0, 0.1) is 0 Å². The molecule has 17 heavy (non-hydrogen) atoms. The molecule has 4 N–H and O–H groups in total. The zero-order valence-electron chi connectivity index (χ0n) is 9.94. The molecule has 0 spiro atoms. The minimum Gasteiger partial charge on any atom is -0.388 e. The lowest BCUT2D eigenvalue weighted by Gasteiger charge is -2.22. The van der Waals surface area contributed by atoms with E-state index >= 15 is 0 Å². The summed E-state index contributed by atoms with van der Waals surface area (Å²) in [6.07, 6.45) is 5.81. The quantitative estimate of drug-likeness (QED) is 0.558. The number of hydrogen-bond donors (Lipinski definition) is 3. The lowest BCUT2D eigenvalue weighted by Crippen LogP contribution is -2.33. The summed E-state index contributed by atoms with van der Waals surface area (Å²) in [7, 11) is 0. The molecule has 1 aliphatic rings. The minimum atomic E-state index is -0.584. The molecule has 1 fully saturated rings. The molecule has 1 aromatic heterocycles. The molecule has 94 valence electrons. The van der Waals surface area contributed by atoms with Crippen molar-refractivity contribution in [1.29, 1.82) is 0 Å². The first kappa shape index (κ1) is 12.4. The van der Waals surface area contributed by atoms with Crippen LogP contribution in [0.4, 0.5) is 11.6 Å². The molecule has 1 aliphatic carbocycles. The number of nitrogen functional groups attached to an aromatic ring is 1. The Hall–Kier alpha value is -1.01. The molecule has 2 rings (SSSR count). The summed E-state index contributed by atoms with van der Waals surface area (Å²) < 4.78 is 0. The Bertz CT molecular complexity index is 393.